The first kappa shape index (κ1) is 25.5. The number of methoxy groups -OCH3 is 1. The highest BCUT2D eigenvalue weighted by atomic mass is 127. The highest BCUT2D eigenvalue weighted by Gasteiger charge is 2.10. The van der Waals surface area contributed by atoms with Gasteiger partial charge in [0.15, 0.2) is 24.1 Å². The number of guanidine groups is 1. The largest absolute Gasteiger partial charge is 0.493 e. The Balaban J connectivity index is 0.00000450. The zero-order chi connectivity index (χ0) is 21.1. The van der Waals surface area contributed by atoms with Crippen molar-refractivity contribution in [3.63, 3.8) is 0 Å². The van der Waals surface area contributed by atoms with Crippen LogP contribution >= 0.6 is 24.0 Å². The van der Waals surface area contributed by atoms with E-state index in [1.54, 1.807) is 20.2 Å². The van der Waals surface area contributed by atoms with Gasteiger partial charge in [0.05, 0.1) is 13.2 Å². The number of halogens is 1. The molecule has 0 radical (unpaired) electrons. The molecule has 2 rings (SSSR count). The van der Waals surface area contributed by atoms with Crippen molar-refractivity contribution < 1.29 is 14.3 Å². The molecule has 3 N–H and O–H groups in total. The van der Waals surface area contributed by atoms with Crippen molar-refractivity contribution in [2.24, 2.45) is 4.99 Å². The van der Waals surface area contributed by atoms with Crippen molar-refractivity contribution in [3.8, 4) is 11.5 Å². The number of hydrogen-bond donors (Lipinski definition) is 3. The van der Waals surface area contributed by atoms with Crippen LogP contribution in [0.3, 0.4) is 0 Å². The zero-order valence-electron chi connectivity index (χ0n) is 17.9. The maximum absolute atomic E-state index is 11.6. The fraction of sp³-hybridized carbons (Fsp3) is 0.364. The first-order valence-corrected chi connectivity index (χ1v) is 9.65. The Morgan fingerprint density at radius 1 is 1.10 bits per heavy atom. The van der Waals surface area contributed by atoms with Gasteiger partial charge in [-0.1, -0.05) is 36.4 Å². The molecule has 1 unspecified atom stereocenters. The number of benzene rings is 2. The van der Waals surface area contributed by atoms with Crippen LogP contribution in [0.25, 0.3) is 0 Å². The van der Waals surface area contributed by atoms with E-state index in [-0.39, 0.29) is 42.5 Å². The third kappa shape index (κ3) is 8.10. The fourth-order valence-corrected chi connectivity index (χ4v) is 2.74. The number of rotatable bonds is 9. The lowest BCUT2D eigenvalue weighted by molar-refractivity contribution is -0.123. The number of carbonyl (C=O) groups is 1. The number of nitrogens with one attached hydrogen (secondary N) is 3. The Bertz CT molecular complexity index is 815. The Morgan fingerprint density at radius 3 is 2.47 bits per heavy atom. The number of ether oxygens (including phenoxy) is 2. The molecule has 164 valence electrons. The summed E-state index contributed by atoms with van der Waals surface area (Å²) in [5.41, 5.74) is 2.19. The van der Waals surface area contributed by atoms with Crippen LogP contribution in [0.1, 0.15) is 31.0 Å². The summed E-state index contributed by atoms with van der Waals surface area (Å²) in [7, 11) is 3.32. The number of carbonyl (C=O) groups excluding carboxylic acids is 1. The van der Waals surface area contributed by atoms with Crippen molar-refractivity contribution in [1.82, 2.24) is 16.0 Å². The van der Waals surface area contributed by atoms with Crippen LogP contribution in [0.4, 0.5) is 0 Å². The second-order valence-electron chi connectivity index (χ2n) is 6.43. The number of nitrogens with zero attached hydrogens (tertiary/aromatic N) is 1. The summed E-state index contributed by atoms with van der Waals surface area (Å²) in [5, 5.41) is 9.38. The Morgan fingerprint density at radius 2 is 1.83 bits per heavy atom. The van der Waals surface area contributed by atoms with Crippen LogP contribution < -0.4 is 25.4 Å². The Labute approximate surface area is 195 Å². The average molecular weight is 526 g/mol. The van der Waals surface area contributed by atoms with E-state index in [1.165, 1.54) is 5.56 Å². The van der Waals surface area contributed by atoms with Crippen LogP contribution in [0.2, 0.25) is 0 Å². The van der Waals surface area contributed by atoms with Gasteiger partial charge in [-0.3, -0.25) is 9.79 Å². The van der Waals surface area contributed by atoms with Gasteiger partial charge in [-0.05, 0) is 37.1 Å². The van der Waals surface area contributed by atoms with E-state index in [2.05, 4.69) is 40.0 Å². The van der Waals surface area contributed by atoms with Gasteiger partial charge in [0.2, 0.25) is 0 Å². The molecule has 0 bridgehead atoms. The lowest BCUT2D eigenvalue weighted by Gasteiger charge is -2.18. The molecule has 30 heavy (non-hydrogen) atoms. The molecule has 0 aliphatic carbocycles. The minimum atomic E-state index is -0.164. The standard InChI is InChI=1S/C22H30N4O3.HI/c1-5-24-21(27)15-29-19-12-11-17(13-20(19)28-4)14-25-22(23-3)26-16(2)18-9-7-6-8-10-18;/h6-13,16H,5,14-15H2,1-4H3,(H,24,27)(H2,23,25,26);1H. The number of likely N-dealkylation sites (N-methyl/N-ethyl adjacent to an activating group) is 1. The van der Waals surface area contributed by atoms with Crippen molar-refractivity contribution in [3.05, 3.63) is 59.7 Å². The quantitative estimate of drug-likeness (QED) is 0.266. The van der Waals surface area contributed by atoms with Crippen molar-refractivity contribution in [2.45, 2.75) is 26.4 Å². The van der Waals surface area contributed by atoms with Gasteiger partial charge in [0.25, 0.3) is 5.91 Å². The van der Waals surface area contributed by atoms with E-state index in [4.69, 9.17) is 9.47 Å². The Kier molecular flexibility index (Phi) is 11.7. The Hall–Kier alpha value is -2.49. The monoisotopic (exact) mass is 526 g/mol. The van der Waals surface area contributed by atoms with E-state index in [0.29, 0.717) is 30.5 Å². The molecule has 2 aromatic rings. The predicted molar refractivity (Wildman–Crippen MR) is 131 cm³/mol. The third-order valence-electron chi connectivity index (χ3n) is 4.30. The molecular weight excluding hydrogens is 495 g/mol. The van der Waals surface area contributed by atoms with Gasteiger partial charge in [-0.15, -0.1) is 24.0 Å². The molecule has 0 heterocycles. The van der Waals surface area contributed by atoms with E-state index < -0.39 is 0 Å². The first-order valence-electron chi connectivity index (χ1n) is 9.65. The van der Waals surface area contributed by atoms with Gasteiger partial charge < -0.3 is 25.4 Å². The molecule has 0 aliphatic heterocycles. The van der Waals surface area contributed by atoms with E-state index in [9.17, 15) is 4.79 Å². The topological polar surface area (TPSA) is 84.0 Å². The molecular formula is C22H31IN4O3. The number of amides is 1. The zero-order valence-corrected chi connectivity index (χ0v) is 20.2. The fourth-order valence-electron chi connectivity index (χ4n) is 2.74. The number of aliphatic imine (C=N–C) groups is 1. The van der Waals surface area contributed by atoms with E-state index in [0.717, 1.165) is 5.56 Å². The van der Waals surface area contributed by atoms with Gasteiger partial charge >= 0.3 is 0 Å². The molecule has 0 aromatic heterocycles. The minimum absolute atomic E-state index is 0. The SMILES string of the molecule is CCNC(=O)COc1ccc(CNC(=NC)NC(C)c2ccccc2)cc1OC.I. The van der Waals surface area contributed by atoms with Crippen LogP contribution in [0.5, 0.6) is 11.5 Å². The maximum atomic E-state index is 11.6. The van der Waals surface area contributed by atoms with Gasteiger partial charge in [-0.25, -0.2) is 0 Å². The van der Waals surface area contributed by atoms with Crippen LogP contribution in [0, 0.1) is 0 Å². The third-order valence-corrected chi connectivity index (χ3v) is 4.30. The van der Waals surface area contributed by atoms with Crippen LogP contribution in [0.15, 0.2) is 53.5 Å². The summed E-state index contributed by atoms with van der Waals surface area (Å²) >= 11 is 0. The number of hydrogen-bond acceptors (Lipinski definition) is 4. The molecule has 0 fully saturated rings. The summed E-state index contributed by atoms with van der Waals surface area (Å²) < 4.78 is 11.0. The van der Waals surface area contributed by atoms with Gasteiger partial charge in [-0.2, -0.15) is 0 Å². The molecule has 1 atom stereocenters. The summed E-state index contributed by atoms with van der Waals surface area (Å²) in [6.07, 6.45) is 0. The highest BCUT2D eigenvalue weighted by Crippen LogP contribution is 2.28. The predicted octanol–water partition coefficient (Wildman–Crippen LogP) is 3.25. The summed E-state index contributed by atoms with van der Waals surface area (Å²) in [6, 6.07) is 15.9. The van der Waals surface area contributed by atoms with Crippen molar-refractivity contribution in [2.75, 3.05) is 27.3 Å². The molecule has 1 amide bonds. The normalized spacial score (nSPS) is 11.7. The van der Waals surface area contributed by atoms with E-state index >= 15 is 0 Å². The highest BCUT2D eigenvalue weighted by molar-refractivity contribution is 14.0. The lowest BCUT2D eigenvalue weighted by Crippen LogP contribution is -2.38. The second kappa shape index (κ2) is 13.7. The van der Waals surface area contributed by atoms with Crippen LogP contribution in [-0.2, 0) is 11.3 Å². The molecule has 2 aromatic carbocycles. The van der Waals surface area contributed by atoms with E-state index in [1.807, 2.05) is 37.3 Å². The molecule has 0 spiro atoms. The average Bonchev–Trinajstić information content (AvgIpc) is 2.76. The molecule has 0 saturated carbocycles. The lowest BCUT2D eigenvalue weighted by atomic mass is 10.1. The van der Waals surface area contributed by atoms with Gasteiger partial charge in [0.1, 0.15) is 0 Å². The molecule has 0 saturated heterocycles. The molecule has 0 aliphatic rings. The van der Waals surface area contributed by atoms with Gasteiger partial charge in [0, 0.05) is 20.1 Å². The maximum Gasteiger partial charge on any atom is 0.257 e. The smallest absolute Gasteiger partial charge is 0.257 e. The summed E-state index contributed by atoms with van der Waals surface area (Å²) in [6.45, 7) is 5.04. The molecule has 8 heteroatoms. The minimum Gasteiger partial charge on any atom is -0.493 e. The summed E-state index contributed by atoms with van der Waals surface area (Å²) in [5.74, 6) is 1.65. The summed E-state index contributed by atoms with van der Waals surface area (Å²) in [4.78, 5) is 15.9. The van der Waals surface area contributed by atoms with Crippen LogP contribution in [-0.4, -0.2) is 39.2 Å². The second-order valence-corrected chi connectivity index (χ2v) is 6.43. The van der Waals surface area contributed by atoms with Crippen molar-refractivity contribution in [1.29, 1.82) is 0 Å². The van der Waals surface area contributed by atoms with Crippen molar-refractivity contribution >= 4 is 35.8 Å². The molecule has 7 nitrogen and oxygen atoms in total. The first-order chi connectivity index (χ1) is 14.1.